The van der Waals surface area contributed by atoms with Crippen molar-refractivity contribution in [1.82, 2.24) is 0 Å². The second-order valence-corrected chi connectivity index (χ2v) is 3.44. The standard InChI is InChI=1S/C13H12O3/c14-7-6-11-9-16-13(15)8-12(11)10-4-2-1-3-5-10/h1-6,8,14H,7,9H2/b11-6+. The van der Waals surface area contributed by atoms with Crippen molar-refractivity contribution in [3.8, 4) is 0 Å². The van der Waals surface area contributed by atoms with Crippen LogP contribution in [0.2, 0.25) is 0 Å². The van der Waals surface area contributed by atoms with Crippen LogP contribution in [-0.2, 0) is 9.53 Å². The Kier molecular flexibility index (Phi) is 3.17. The minimum atomic E-state index is -0.339. The summed E-state index contributed by atoms with van der Waals surface area (Å²) in [6.45, 7) is 0.164. The lowest BCUT2D eigenvalue weighted by molar-refractivity contribution is -0.137. The van der Waals surface area contributed by atoms with Crippen LogP contribution in [0.1, 0.15) is 5.56 Å². The van der Waals surface area contributed by atoms with Gasteiger partial charge in [-0.15, -0.1) is 0 Å². The lowest BCUT2D eigenvalue weighted by Gasteiger charge is -2.17. The van der Waals surface area contributed by atoms with E-state index in [0.29, 0.717) is 0 Å². The van der Waals surface area contributed by atoms with Gasteiger partial charge in [0, 0.05) is 6.08 Å². The molecule has 0 bridgehead atoms. The average Bonchev–Trinajstić information content (AvgIpc) is 2.33. The Morgan fingerprint density at radius 3 is 2.75 bits per heavy atom. The van der Waals surface area contributed by atoms with E-state index in [4.69, 9.17) is 9.84 Å². The van der Waals surface area contributed by atoms with E-state index in [0.717, 1.165) is 16.7 Å². The first kappa shape index (κ1) is 10.6. The predicted molar refractivity (Wildman–Crippen MR) is 60.5 cm³/mol. The van der Waals surface area contributed by atoms with Crippen LogP contribution in [0.4, 0.5) is 0 Å². The number of aliphatic hydroxyl groups is 1. The number of cyclic esters (lactones) is 1. The van der Waals surface area contributed by atoms with Crippen LogP contribution in [0.25, 0.3) is 5.57 Å². The van der Waals surface area contributed by atoms with Crippen LogP contribution in [0.5, 0.6) is 0 Å². The van der Waals surface area contributed by atoms with E-state index in [9.17, 15) is 4.79 Å². The zero-order chi connectivity index (χ0) is 11.4. The summed E-state index contributed by atoms with van der Waals surface area (Å²) in [7, 11) is 0. The maximum Gasteiger partial charge on any atom is 0.331 e. The summed E-state index contributed by atoms with van der Waals surface area (Å²) < 4.78 is 4.90. The molecular weight excluding hydrogens is 204 g/mol. The lowest BCUT2D eigenvalue weighted by atomic mass is 9.96. The second kappa shape index (κ2) is 4.77. The van der Waals surface area contributed by atoms with Crippen molar-refractivity contribution in [3.63, 3.8) is 0 Å². The Hall–Kier alpha value is -1.87. The summed E-state index contributed by atoms with van der Waals surface area (Å²) in [4.78, 5) is 11.2. The van der Waals surface area contributed by atoms with Crippen molar-refractivity contribution in [2.45, 2.75) is 0 Å². The molecule has 82 valence electrons. The molecule has 0 unspecified atom stereocenters. The SMILES string of the molecule is O=C1C=C(c2ccccc2)/C(=C/CO)CO1. The topological polar surface area (TPSA) is 46.5 Å². The molecule has 0 radical (unpaired) electrons. The predicted octanol–water partition coefficient (Wildman–Crippen LogP) is 1.55. The van der Waals surface area contributed by atoms with E-state index in [-0.39, 0.29) is 19.2 Å². The number of ether oxygens (including phenoxy) is 1. The highest BCUT2D eigenvalue weighted by Gasteiger charge is 2.16. The minimum absolute atomic E-state index is 0.0585. The zero-order valence-electron chi connectivity index (χ0n) is 8.72. The second-order valence-electron chi connectivity index (χ2n) is 3.44. The third kappa shape index (κ3) is 2.20. The number of aliphatic hydroxyl groups excluding tert-OH is 1. The van der Waals surface area contributed by atoms with Crippen molar-refractivity contribution < 1.29 is 14.6 Å². The van der Waals surface area contributed by atoms with E-state index in [2.05, 4.69) is 0 Å². The highest BCUT2D eigenvalue weighted by molar-refractivity contribution is 5.98. The molecule has 0 atom stereocenters. The molecule has 1 aromatic carbocycles. The highest BCUT2D eigenvalue weighted by Crippen LogP contribution is 2.26. The van der Waals surface area contributed by atoms with Gasteiger partial charge in [0.15, 0.2) is 0 Å². The maximum absolute atomic E-state index is 11.2. The number of hydrogen-bond donors (Lipinski definition) is 1. The van der Waals surface area contributed by atoms with Gasteiger partial charge in [-0.2, -0.15) is 0 Å². The molecule has 1 aliphatic rings. The molecule has 1 heterocycles. The lowest BCUT2D eigenvalue weighted by Crippen LogP contribution is -2.13. The largest absolute Gasteiger partial charge is 0.458 e. The van der Waals surface area contributed by atoms with Crippen LogP contribution in [0.15, 0.2) is 48.1 Å². The Morgan fingerprint density at radius 2 is 2.06 bits per heavy atom. The molecule has 0 spiro atoms. The number of hydrogen-bond acceptors (Lipinski definition) is 3. The number of esters is 1. The van der Waals surface area contributed by atoms with E-state index in [1.165, 1.54) is 6.08 Å². The van der Waals surface area contributed by atoms with Gasteiger partial charge < -0.3 is 9.84 Å². The van der Waals surface area contributed by atoms with Crippen LogP contribution >= 0.6 is 0 Å². The van der Waals surface area contributed by atoms with Gasteiger partial charge in [-0.1, -0.05) is 36.4 Å². The summed E-state index contributed by atoms with van der Waals surface area (Å²) in [5.41, 5.74) is 2.62. The molecule has 0 aromatic heterocycles. The van der Waals surface area contributed by atoms with Gasteiger partial charge in [0.2, 0.25) is 0 Å². The third-order valence-corrected chi connectivity index (χ3v) is 2.40. The molecule has 1 aliphatic heterocycles. The smallest absolute Gasteiger partial charge is 0.331 e. The zero-order valence-corrected chi connectivity index (χ0v) is 8.72. The van der Waals surface area contributed by atoms with Gasteiger partial charge in [0.05, 0.1) is 6.61 Å². The average molecular weight is 216 g/mol. The van der Waals surface area contributed by atoms with Gasteiger partial charge in [-0.25, -0.2) is 4.79 Å². The van der Waals surface area contributed by atoms with Gasteiger partial charge in [0.25, 0.3) is 0 Å². The summed E-state index contributed by atoms with van der Waals surface area (Å²) in [6.07, 6.45) is 3.12. The molecule has 0 fully saturated rings. The molecule has 1 N–H and O–H groups in total. The Balaban J connectivity index is 2.42. The Bertz CT molecular complexity index is 444. The minimum Gasteiger partial charge on any atom is -0.458 e. The molecule has 2 rings (SSSR count). The molecule has 16 heavy (non-hydrogen) atoms. The van der Waals surface area contributed by atoms with Crippen molar-refractivity contribution in [2.24, 2.45) is 0 Å². The molecule has 0 aliphatic carbocycles. The van der Waals surface area contributed by atoms with E-state index < -0.39 is 0 Å². The first-order valence-electron chi connectivity index (χ1n) is 5.05. The highest BCUT2D eigenvalue weighted by atomic mass is 16.5. The van der Waals surface area contributed by atoms with Crippen molar-refractivity contribution in [3.05, 3.63) is 53.6 Å². The number of rotatable bonds is 2. The monoisotopic (exact) mass is 216 g/mol. The summed E-state index contributed by atoms with van der Waals surface area (Å²) in [6, 6.07) is 9.59. The number of carbonyl (C=O) groups excluding carboxylic acids is 1. The van der Waals surface area contributed by atoms with Gasteiger partial charge in [-0.3, -0.25) is 0 Å². The van der Waals surface area contributed by atoms with Gasteiger partial charge in [-0.05, 0) is 16.7 Å². The van der Waals surface area contributed by atoms with Crippen molar-refractivity contribution in [1.29, 1.82) is 0 Å². The van der Waals surface area contributed by atoms with Crippen molar-refractivity contribution >= 4 is 11.5 Å². The van der Waals surface area contributed by atoms with Crippen LogP contribution in [0.3, 0.4) is 0 Å². The molecule has 1 aromatic rings. The molecule has 3 heteroatoms. The summed E-state index contributed by atoms with van der Waals surface area (Å²) in [5, 5.41) is 8.90. The molecule has 0 saturated heterocycles. The first-order valence-corrected chi connectivity index (χ1v) is 5.05. The maximum atomic E-state index is 11.2. The molecule has 0 saturated carbocycles. The fourth-order valence-corrected chi connectivity index (χ4v) is 1.64. The van der Waals surface area contributed by atoms with Gasteiger partial charge >= 0.3 is 5.97 Å². The molecular formula is C13H12O3. The quantitative estimate of drug-likeness (QED) is 0.763. The molecule has 0 amide bonds. The Morgan fingerprint density at radius 1 is 1.31 bits per heavy atom. The van der Waals surface area contributed by atoms with Crippen LogP contribution < -0.4 is 0 Å². The Labute approximate surface area is 93.7 Å². The normalized spacial score (nSPS) is 18.2. The van der Waals surface area contributed by atoms with E-state index in [1.807, 2.05) is 30.3 Å². The van der Waals surface area contributed by atoms with Crippen LogP contribution in [0, 0.1) is 0 Å². The fraction of sp³-hybridized carbons (Fsp3) is 0.154. The molecule has 3 nitrogen and oxygen atoms in total. The number of carbonyl (C=O) groups is 1. The third-order valence-electron chi connectivity index (χ3n) is 2.40. The summed E-state index contributed by atoms with van der Waals surface area (Å²) in [5.74, 6) is -0.339. The number of benzene rings is 1. The first-order chi connectivity index (χ1) is 7.81. The van der Waals surface area contributed by atoms with Gasteiger partial charge in [0.1, 0.15) is 6.61 Å². The van der Waals surface area contributed by atoms with E-state index in [1.54, 1.807) is 6.08 Å². The fourth-order valence-electron chi connectivity index (χ4n) is 1.64. The van der Waals surface area contributed by atoms with E-state index >= 15 is 0 Å². The summed E-state index contributed by atoms with van der Waals surface area (Å²) >= 11 is 0. The van der Waals surface area contributed by atoms with Crippen molar-refractivity contribution in [2.75, 3.05) is 13.2 Å². The van der Waals surface area contributed by atoms with Crippen LogP contribution in [-0.4, -0.2) is 24.3 Å².